The lowest BCUT2D eigenvalue weighted by Gasteiger charge is -2.04. The summed E-state index contributed by atoms with van der Waals surface area (Å²) in [7, 11) is 0. The van der Waals surface area contributed by atoms with Gasteiger partial charge in [0.25, 0.3) is 5.88 Å². The van der Waals surface area contributed by atoms with Crippen LogP contribution in [0.2, 0.25) is 0 Å². The van der Waals surface area contributed by atoms with E-state index in [9.17, 15) is 9.18 Å². The van der Waals surface area contributed by atoms with Crippen LogP contribution in [0.3, 0.4) is 0 Å². The van der Waals surface area contributed by atoms with Crippen molar-refractivity contribution in [3.63, 3.8) is 0 Å². The number of fused-ring (bicyclic) bond motifs is 1. The maximum absolute atomic E-state index is 13.1. The van der Waals surface area contributed by atoms with Gasteiger partial charge in [0.05, 0.1) is 6.54 Å². The summed E-state index contributed by atoms with van der Waals surface area (Å²) >= 11 is 0. The molecule has 8 nitrogen and oxygen atoms in total. The number of aromatic nitrogens is 5. The minimum absolute atomic E-state index is 0.124. The SMILES string of the molecule is Cc1oc(-c2ccccc2)nc1Cn1nc2c(Oc3ccc(F)cc3)nccn2c1=O. The van der Waals surface area contributed by atoms with Gasteiger partial charge in [0.15, 0.2) is 0 Å². The van der Waals surface area contributed by atoms with Crippen LogP contribution in [0.4, 0.5) is 4.39 Å². The summed E-state index contributed by atoms with van der Waals surface area (Å²) in [5, 5.41) is 4.37. The lowest BCUT2D eigenvalue weighted by molar-refractivity contribution is 0.462. The number of benzene rings is 2. The van der Waals surface area contributed by atoms with E-state index in [0.29, 0.717) is 23.1 Å². The highest BCUT2D eigenvalue weighted by Crippen LogP contribution is 2.23. The molecule has 5 aromatic rings. The summed E-state index contributed by atoms with van der Waals surface area (Å²) in [5.74, 6) is 1.21. The molecule has 0 saturated heterocycles. The zero-order valence-corrected chi connectivity index (χ0v) is 16.4. The van der Waals surface area contributed by atoms with Crippen LogP contribution in [0.25, 0.3) is 17.1 Å². The van der Waals surface area contributed by atoms with Crippen LogP contribution in [0.15, 0.2) is 76.2 Å². The standard InChI is InChI=1S/C22H16FN5O3/c1-14-18(25-20(30-14)15-5-3-2-4-6-15)13-28-22(29)27-12-11-24-21(19(27)26-28)31-17-9-7-16(23)8-10-17/h2-12H,13H2,1H3. The van der Waals surface area contributed by atoms with Gasteiger partial charge in [0.2, 0.25) is 11.5 Å². The summed E-state index contributed by atoms with van der Waals surface area (Å²) in [4.78, 5) is 21.5. The van der Waals surface area contributed by atoms with Gasteiger partial charge in [-0.25, -0.2) is 28.2 Å². The van der Waals surface area contributed by atoms with E-state index >= 15 is 0 Å². The van der Waals surface area contributed by atoms with E-state index in [1.165, 1.54) is 45.7 Å². The Bertz CT molecular complexity index is 1420. The molecule has 3 heterocycles. The lowest BCUT2D eigenvalue weighted by atomic mass is 10.2. The van der Waals surface area contributed by atoms with Gasteiger partial charge in [0.1, 0.15) is 23.0 Å². The highest BCUT2D eigenvalue weighted by molar-refractivity contribution is 5.53. The first-order chi connectivity index (χ1) is 15.1. The van der Waals surface area contributed by atoms with E-state index in [0.717, 1.165) is 5.56 Å². The van der Waals surface area contributed by atoms with Crippen molar-refractivity contribution < 1.29 is 13.5 Å². The highest BCUT2D eigenvalue weighted by atomic mass is 19.1. The maximum Gasteiger partial charge on any atom is 0.350 e. The largest absolute Gasteiger partial charge is 0.441 e. The molecule has 0 fully saturated rings. The molecule has 0 spiro atoms. The summed E-state index contributed by atoms with van der Waals surface area (Å²) in [6, 6.07) is 15.0. The van der Waals surface area contributed by atoms with E-state index in [-0.39, 0.29) is 29.6 Å². The molecular formula is C22H16FN5O3. The van der Waals surface area contributed by atoms with Crippen LogP contribution >= 0.6 is 0 Å². The maximum atomic E-state index is 13.1. The molecule has 0 atom stereocenters. The van der Waals surface area contributed by atoms with Gasteiger partial charge in [-0.3, -0.25) is 0 Å². The molecule has 31 heavy (non-hydrogen) atoms. The second-order valence-corrected chi connectivity index (χ2v) is 6.81. The fourth-order valence-electron chi connectivity index (χ4n) is 3.14. The molecule has 0 radical (unpaired) electrons. The third-order valence-corrected chi connectivity index (χ3v) is 4.71. The minimum Gasteiger partial charge on any atom is -0.441 e. The fourth-order valence-corrected chi connectivity index (χ4v) is 3.14. The Morgan fingerprint density at radius 2 is 1.87 bits per heavy atom. The van der Waals surface area contributed by atoms with Crippen LogP contribution in [0.1, 0.15) is 11.5 Å². The lowest BCUT2D eigenvalue weighted by Crippen LogP contribution is -2.22. The van der Waals surface area contributed by atoms with Gasteiger partial charge in [-0.1, -0.05) is 18.2 Å². The number of aryl methyl sites for hydroxylation is 1. The smallest absolute Gasteiger partial charge is 0.350 e. The van der Waals surface area contributed by atoms with Gasteiger partial charge in [-0.2, -0.15) is 0 Å². The van der Waals surface area contributed by atoms with Crippen molar-refractivity contribution in [3.05, 3.63) is 94.7 Å². The van der Waals surface area contributed by atoms with Crippen molar-refractivity contribution in [2.24, 2.45) is 0 Å². The van der Waals surface area contributed by atoms with Crippen LogP contribution in [0, 0.1) is 12.7 Å². The minimum atomic E-state index is -0.378. The molecule has 0 aliphatic heterocycles. The number of rotatable bonds is 5. The topological polar surface area (TPSA) is 87.4 Å². The average molecular weight is 417 g/mol. The first kappa shape index (κ1) is 18.7. The van der Waals surface area contributed by atoms with Gasteiger partial charge in [-0.05, 0) is 43.3 Å². The van der Waals surface area contributed by atoms with E-state index in [1.54, 1.807) is 6.92 Å². The molecule has 0 amide bonds. The Morgan fingerprint density at radius 1 is 1.10 bits per heavy atom. The number of halogens is 1. The van der Waals surface area contributed by atoms with Crippen molar-refractivity contribution in [2.75, 3.05) is 0 Å². The number of hydrogen-bond donors (Lipinski definition) is 0. The second kappa shape index (κ2) is 7.52. The van der Waals surface area contributed by atoms with Gasteiger partial charge >= 0.3 is 5.69 Å². The highest BCUT2D eigenvalue weighted by Gasteiger charge is 2.17. The fraction of sp³-hybridized carbons (Fsp3) is 0.0909. The quantitative estimate of drug-likeness (QED) is 0.432. The molecule has 0 saturated carbocycles. The predicted octanol–water partition coefficient (Wildman–Crippen LogP) is 3.83. The normalized spacial score (nSPS) is 11.2. The molecule has 154 valence electrons. The molecular weight excluding hydrogens is 401 g/mol. The molecule has 9 heteroatoms. The summed E-state index contributed by atoms with van der Waals surface area (Å²) < 4.78 is 27.2. The molecule has 0 aliphatic carbocycles. The first-order valence-corrected chi connectivity index (χ1v) is 9.48. The number of hydrogen-bond acceptors (Lipinski definition) is 6. The monoisotopic (exact) mass is 417 g/mol. The van der Waals surface area contributed by atoms with Crippen LogP contribution < -0.4 is 10.4 Å². The van der Waals surface area contributed by atoms with Crippen LogP contribution in [-0.2, 0) is 6.54 Å². The molecule has 0 unspecified atom stereocenters. The van der Waals surface area contributed by atoms with E-state index in [2.05, 4.69) is 15.1 Å². The Hall–Kier alpha value is -4.27. The molecule has 2 aromatic carbocycles. The number of oxazole rings is 1. The van der Waals surface area contributed by atoms with E-state index in [1.807, 2.05) is 30.3 Å². The number of ether oxygens (including phenoxy) is 1. The predicted molar refractivity (Wildman–Crippen MR) is 109 cm³/mol. The summed E-state index contributed by atoms with van der Waals surface area (Å²) in [5.41, 5.74) is 1.31. The van der Waals surface area contributed by atoms with Crippen LogP contribution in [0.5, 0.6) is 11.6 Å². The zero-order valence-electron chi connectivity index (χ0n) is 16.4. The molecule has 5 rings (SSSR count). The number of nitrogens with zero attached hydrogens (tertiary/aromatic N) is 5. The Labute approximate surface area is 175 Å². The summed E-state index contributed by atoms with van der Waals surface area (Å²) in [6.45, 7) is 1.92. The van der Waals surface area contributed by atoms with Crippen molar-refractivity contribution >= 4 is 5.65 Å². The van der Waals surface area contributed by atoms with Crippen molar-refractivity contribution in [1.82, 2.24) is 24.1 Å². The zero-order chi connectivity index (χ0) is 21.4. The Kier molecular flexibility index (Phi) is 4.55. The molecule has 0 N–H and O–H groups in total. The van der Waals surface area contributed by atoms with Crippen molar-refractivity contribution in [3.8, 4) is 23.1 Å². The molecule has 3 aromatic heterocycles. The van der Waals surface area contributed by atoms with Crippen molar-refractivity contribution in [2.45, 2.75) is 13.5 Å². The first-order valence-electron chi connectivity index (χ1n) is 9.48. The van der Waals surface area contributed by atoms with E-state index in [4.69, 9.17) is 9.15 Å². The molecule has 0 aliphatic rings. The third kappa shape index (κ3) is 3.57. The van der Waals surface area contributed by atoms with Gasteiger partial charge < -0.3 is 9.15 Å². The van der Waals surface area contributed by atoms with Crippen molar-refractivity contribution in [1.29, 1.82) is 0 Å². The second-order valence-electron chi connectivity index (χ2n) is 6.81. The van der Waals surface area contributed by atoms with E-state index < -0.39 is 0 Å². The van der Waals surface area contributed by atoms with Crippen LogP contribution in [-0.4, -0.2) is 24.1 Å². The Balaban J connectivity index is 1.49. The molecule has 0 bridgehead atoms. The van der Waals surface area contributed by atoms with Gasteiger partial charge in [0, 0.05) is 18.0 Å². The summed E-state index contributed by atoms with van der Waals surface area (Å²) in [6.07, 6.45) is 2.94. The third-order valence-electron chi connectivity index (χ3n) is 4.71. The Morgan fingerprint density at radius 3 is 2.65 bits per heavy atom. The van der Waals surface area contributed by atoms with Gasteiger partial charge in [-0.15, -0.1) is 5.10 Å². The average Bonchev–Trinajstić information content (AvgIpc) is 3.31.